The standard InChI is InChI=1S/C13H8N2/c1-10-4-6-12-9-11(3-2-8-14)5-7-13(12)15-10/h4-7,9H,1H3. The van der Waals surface area contributed by atoms with Crippen molar-refractivity contribution in [3.8, 4) is 17.9 Å². The monoisotopic (exact) mass is 192 g/mol. The van der Waals surface area contributed by atoms with E-state index in [2.05, 4.69) is 16.8 Å². The van der Waals surface area contributed by atoms with Gasteiger partial charge in [-0.15, -0.1) is 0 Å². The first-order valence-corrected chi connectivity index (χ1v) is 4.57. The molecule has 0 fully saturated rings. The number of hydrogen-bond acceptors (Lipinski definition) is 2. The molecular formula is C13H8N2. The average molecular weight is 192 g/mol. The van der Waals surface area contributed by atoms with Gasteiger partial charge >= 0.3 is 0 Å². The number of nitrogens with zero attached hydrogens (tertiary/aromatic N) is 2. The highest BCUT2D eigenvalue weighted by atomic mass is 14.7. The maximum Gasteiger partial charge on any atom is 0.152 e. The molecule has 0 spiro atoms. The SMILES string of the molecule is Cc1ccc2cc(C#CC#N)ccc2n1. The minimum Gasteiger partial charge on any atom is -0.253 e. The van der Waals surface area contributed by atoms with Gasteiger partial charge in [-0.3, -0.25) is 4.98 Å². The smallest absolute Gasteiger partial charge is 0.152 e. The quantitative estimate of drug-likeness (QED) is 0.601. The van der Waals surface area contributed by atoms with E-state index in [1.165, 1.54) is 0 Å². The van der Waals surface area contributed by atoms with Crippen LogP contribution >= 0.6 is 0 Å². The van der Waals surface area contributed by atoms with Crippen molar-refractivity contribution in [3.05, 3.63) is 41.6 Å². The molecule has 0 radical (unpaired) electrons. The number of nitriles is 1. The van der Waals surface area contributed by atoms with Gasteiger partial charge in [0.2, 0.25) is 0 Å². The van der Waals surface area contributed by atoms with Crippen LogP contribution < -0.4 is 0 Å². The fraction of sp³-hybridized carbons (Fsp3) is 0.0769. The summed E-state index contributed by atoms with van der Waals surface area (Å²) in [6.45, 7) is 1.96. The van der Waals surface area contributed by atoms with Crippen molar-refractivity contribution in [1.29, 1.82) is 5.26 Å². The van der Waals surface area contributed by atoms with E-state index in [1.54, 1.807) is 6.07 Å². The van der Waals surface area contributed by atoms with Gasteiger partial charge in [0.05, 0.1) is 5.52 Å². The molecule has 15 heavy (non-hydrogen) atoms. The summed E-state index contributed by atoms with van der Waals surface area (Å²) in [6, 6.07) is 11.5. The molecule has 0 unspecified atom stereocenters. The third kappa shape index (κ3) is 1.95. The molecule has 1 aromatic heterocycles. The van der Waals surface area contributed by atoms with E-state index in [1.807, 2.05) is 37.3 Å². The molecule has 0 bridgehead atoms. The van der Waals surface area contributed by atoms with E-state index in [4.69, 9.17) is 5.26 Å². The number of pyridine rings is 1. The Kier molecular flexibility index (Phi) is 2.35. The van der Waals surface area contributed by atoms with E-state index in [-0.39, 0.29) is 0 Å². The Bertz CT molecular complexity index is 610. The first-order valence-electron chi connectivity index (χ1n) is 4.57. The normalized spacial score (nSPS) is 9.07. The summed E-state index contributed by atoms with van der Waals surface area (Å²) in [5.41, 5.74) is 2.80. The Hall–Kier alpha value is -2.32. The largest absolute Gasteiger partial charge is 0.253 e. The molecule has 0 saturated heterocycles. The third-order valence-corrected chi connectivity index (χ3v) is 2.09. The highest BCUT2D eigenvalue weighted by Crippen LogP contribution is 2.13. The second kappa shape index (κ2) is 3.82. The molecule has 0 amide bonds. The van der Waals surface area contributed by atoms with Crippen molar-refractivity contribution in [1.82, 2.24) is 4.98 Å². The number of aromatic nitrogens is 1. The summed E-state index contributed by atoms with van der Waals surface area (Å²) < 4.78 is 0. The number of hydrogen-bond donors (Lipinski definition) is 0. The van der Waals surface area contributed by atoms with Crippen LogP contribution in [0.25, 0.3) is 10.9 Å². The fourth-order valence-electron chi connectivity index (χ4n) is 1.41. The van der Waals surface area contributed by atoms with E-state index >= 15 is 0 Å². The zero-order chi connectivity index (χ0) is 10.7. The van der Waals surface area contributed by atoms with Crippen molar-refractivity contribution < 1.29 is 0 Å². The predicted molar refractivity (Wildman–Crippen MR) is 59.0 cm³/mol. The molecular weight excluding hydrogens is 184 g/mol. The summed E-state index contributed by atoms with van der Waals surface area (Å²) in [6.07, 6.45) is 0. The molecule has 0 aliphatic carbocycles. The van der Waals surface area contributed by atoms with E-state index < -0.39 is 0 Å². The second-order valence-corrected chi connectivity index (χ2v) is 3.22. The first-order chi connectivity index (χ1) is 7.29. The topological polar surface area (TPSA) is 36.7 Å². The molecule has 1 heterocycles. The highest BCUT2D eigenvalue weighted by Gasteiger charge is 1.95. The van der Waals surface area contributed by atoms with Crippen molar-refractivity contribution in [3.63, 3.8) is 0 Å². The van der Waals surface area contributed by atoms with Crippen LogP contribution in [0.2, 0.25) is 0 Å². The third-order valence-electron chi connectivity index (χ3n) is 2.09. The lowest BCUT2D eigenvalue weighted by atomic mass is 10.1. The van der Waals surface area contributed by atoms with Crippen LogP contribution in [-0.2, 0) is 0 Å². The van der Waals surface area contributed by atoms with E-state index in [0.717, 1.165) is 22.2 Å². The Morgan fingerprint density at radius 1 is 1.20 bits per heavy atom. The predicted octanol–water partition coefficient (Wildman–Crippen LogP) is 2.42. The molecule has 70 valence electrons. The van der Waals surface area contributed by atoms with Gasteiger partial charge in [0.15, 0.2) is 6.07 Å². The van der Waals surface area contributed by atoms with Crippen LogP contribution in [0.1, 0.15) is 11.3 Å². The first kappa shape index (κ1) is 9.24. The lowest BCUT2D eigenvalue weighted by Crippen LogP contribution is -1.83. The van der Waals surface area contributed by atoms with Crippen molar-refractivity contribution >= 4 is 10.9 Å². The van der Waals surface area contributed by atoms with Crippen LogP contribution in [0.3, 0.4) is 0 Å². The summed E-state index contributed by atoms with van der Waals surface area (Å²) >= 11 is 0. The zero-order valence-electron chi connectivity index (χ0n) is 8.28. The van der Waals surface area contributed by atoms with Gasteiger partial charge in [-0.05, 0) is 31.2 Å². The summed E-state index contributed by atoms with van der Waals surface area (Å²) in [4.78, 5) is 4.38. The van der Waals surface area contributed by atoms with E-state index in [9.17, 15) is 0 Å². The highest BCUT2D eigenvalue weighted by molar-refractivity contribution is 5.80. The van der Waals surface area contributed by atoms with Gasteiger partial charge in [-0.25, -0.2) is 0 Å². The molecule has 0 saturated carbocycles. The molecule has 1 aromatic carbocycles. The molecule has 0 aliphatic rings. The summed E-state index contributed by atoms with van der Waals surface area (Å²) in [7, 11) is 0. The van der Waals surface area contributed by atoms with Gasteiger partial charge in [-0.1, -0.05) is 12.0 Å². The minimum absolute atomic E-state index is 0.842. The number of fused-ring (bicyclic) bond motifs is 1. The molecule has 2 rings (SSSR count). The van der Waals surface area contributed by atoms with Gasteiger partial charge in [0.25, 0.3) is 0 Å². The van der Waals surface area contributed by atoms with Crippen molar-refractivity contribution in [2.24, 2.45) is 0 Å². The Morgan fingerprint density at radius 2 is 2.07 bits per heavy atom. The molecule has 2 nitrogen and oxygen atoms in total. The second-order valence-electron chi connectivity index (χ2n) is 3.22. The molecule has 0 atom stereocenters. The number of aryl methyl sites for hydroxylation is 1. The Labute approximate surface area is 88.2 Å². The van der Waals surface area contributed by atoms with Gasteiger partial charge < -0.3 is 0 Å². The molecule has 0 N–H and O–H groups in total. The average Bonchev–Trinajstić information content (AvgIpc) is 2.26. The lowest BCUT2D eigenvalue weighted by Gasteiger charge is -1.98. The van der Waals surface area contributed by atoms with Crippen LogP contribution in [0.15, 0.2) is 30.3 Å². The van der Waals surface area contributed by atoms with Crippen LogP contribution in [0.5, 0.6) is 0 Å². The molecule has 0 aliphatic heterocycles. The van der Waals surface area contributed by atoms with Crippen LogP contribution in [0, 0.1) is 30.1 Å². The van der Waals surface area contributed by atoms with Crippen LogP contribution in [-0.4, -0.2) is 4.98 Å². The van der Waals surface area contributed by atoms with Gasteiger partial charge in [0, 0.05) is 22.6 Å². The fourth-order valence-corrected chi connectivity index (χ4v) is 1.41. The van der Waals surface area contributed by atoms with Gasteiger partial charge in [0.1, 0.15) is 0 Å². The number of rotatable bonds is 0. The van der Waals surface area contributed by atoms with E-state index in [0.29, 0.717) is 0 Å². The maximum absolute atomic E-state index is 8.34. The maximum atomic E-state index is 8.34. The zero-order valence-corrected chi connectivity index (χ0v) is 8.28. The number of benzene rings is 1. The Balaban J connectivity index is 2.58. The van der Waals surface area contributed by atoms with Gasteiger partial charge in [-0.2, -0.15) is 5.26 Å². The van der Waals surface area contributed by atoms with Crippen molar-refractivity contribution in [2.75, 3.05) is 0 Å². The Morgan fingerprint density at radius 3 is 2.87 bits per heavy atom. The molecule has 2 heteroatoms. The van der Waals surface area contributed by atoms with Crippen LogP contribution in [0.4, 0.5) is 0 Å². The summed E-state index contributed by atoms with van der Waals surface area (Å²) in [5, 5.41) is 9.39. The minimum atomic E-state index is 0.842. The summed E-state index contributed by atoms with van der Waals surface area (Å²) in [5.74, 6) is 5.14. The lowest BCUT2D eigenvalue weighted by molar-refractivity contribution is 1.25. The molecule has 2 aromatic rings. The van der Waals surface area contributed by atoms with Crippen molar-refractivity contribution in [2.45, 2.75) is 6.92 Å².